The first-order valence-electron chi connectivity index (χ1n) is 8.61. The molecule has 5 heteroatoms. The van der Waals surface area contributed by atoms with Crippen molar-refractivity contribution in [3.63, 3.8) is 0 Å². The van der Waals surface area contributed by atoms with Gasteiger partial charge in [0.15, 0.2) is 0 Å². The van der Waals surface area contributed by atoms with Gasteiger partial charge < -0.3 is 10.1 Å². The van der Waals surface area contributed by atoms with Crippen LogP contribution in [0.3, 0.4) is 0 Å². The normalized spacial score (nSPS) is 10.1. The number of aromatic nitrogens is 1. The molecule has 0 aliphatic heterocycles. The molecule has 0 saturated carbocycles. The Hall–Kier alpha value is -3.65. The van der Waals surface area contributed by atoms with Gasteiger partial charge in [0.25, 0.3) is 5.91 Å². The van der Waals surface area contributed by atoms with Crippen LogP contribution in [0.5, 0.6) is 11.5 Å². The molecule has 0 atom stereocenters. The van der Waals surface area contributed by atoms with Crippen molar-refractivity contribution in [1.29, 1.82) is 5.26 Å². The standard InChI is InChI=1S/C22H19N3O2/c1-16-2-6-19(7-3-16)27-20-8-4-17(5-9-20)10-13-25-22(26)21-15-24-12-11-18(21)14-23/h2-9,11-12,15H,10,13H2,1H3,(H,25,26). The second kappa shape index (κ2) is 8.63. The molecule has 1 N–H and O–H groups in total. The lowest BCUT2D eigenvalue weighted by molar-refractivity contribution is 0.0953. The second-order valence-electron chi connectivity index (χ2n) is 6.10. The number of carbonyl (C=O) groups is 1. The van der Waals surface area contributed by atoms with Crippen LogP contribution in [0, 0.1) is 18.3 Å². The summed E-state index contributed by atoms with van der Waals surface area (Å²) in [5.74, 6) is 1.27. The molecule has 134 valence electrons. The molecule has 0 unspecified atom stereocenters. The van der Waals surface area contributed by atoms with Gasteiger partial charge in [-0.2, -0.15) is 5.26 Å². The Morgan fingerprint density at radius 2 is 1.74 bits per heavy atom. The van der Waals surface area contributed by atoms with Crippen molar-refractivity contribution in [3.8, 4) is 17.6 Å². The van der Waals surface area contributed by atoms with E-state index in [9.17, 15) is 4.79 Å². The van der Waals surface area contributed by atoms with Gasteiger partial charge >= 0.3 is 0 Å². The SMILES string of the molecule is Cc1ccc(Oc2ccc(CCNC(=O)c3cnccc3C#N)cc2)cc1. The molecule has 1 amide bonds. The number of nitrogens with one attached hydrogen (secondary N) is 1. The molecular formula is C22H19N3O2. The summed E-state index contributed by atoms with van der Waals surface area (Å²) >= 11 is 0. The summed E-state index contributed by atoms with van der Waals surface area (Å²) in [6.07, 6.45) is 3.58. The Bertz CT molecular complexity index is 958. The molecule has 3 rings (SSSR count). The Morgan fingerprint density at radius 1 is 1.07 bits per heavy atom. The molecule has 0 radical (unpaired) electrons. The van der Waals surface area contributed by atoms with Crippen molar-refractivity contribution < 1.29 is 9.53 Å². The van der Waals surface area contributed by atoms with E-state index >= 15 is 0 Å². The van der Waals surface area contributed by atoms with E-state index in [0.717, 1.165) is 17.1 Å². The van der Waals surface area contributed by atoms with E-state index in [1.807, 2.05) is 61.5 Å². The fourth-order valence-corrected chi connectivity index (χ4v) is 2.56. The lowest BCUT2D eigenvalue weighted by atomic mass is 10.1. The number of nitriles is 1. The van der Waals surface area contributed by atoms with Crippen molar-refractivity contribution in [2.75, 3.05) is 6.54 Å². The minimum Gasteiger partial charge on any atom is -0.457 e. The van der Waals surface area contributed by atoms with Crippen LogP contribution in [0.15, 0.2) is 67.0 Å². The summed E-state index contributed by atoms with van der Waals surface area (Å²) < 4.78 is 5.81. The highest BCUT2D eigenvalue weighted by atomic mass is 16.5. The van der Waals surface area contributed by atoms with Crippen molar-refractivity contribution in [2.45, 2.75) is 13.3 Å². The summed E-state index contributed by atoms with van der Waals surface area (Å²) in [5, 5.41) is 11.9. The minimum atomic E-state index is -0.293. The first-order chi connectivity index (χ1) is 13.2. The molecule has 27 heavy (non-hydrogen) atoms. The zero-order valence-electron chi connectivity index (χ0n) is 15.0. The monoisotopic (exact) mass is 357 g/mol. The van der Waals surface area contributed by atoms with Crippen LogP contribution in [-0.4, -0.2) is 17.4 Å². The lowest BCUT2D eigenvalue weighted by Crippen LogP contribution is -2.26. The van der Waals surface area contributed by atoms with Crippen LogP contribution in [0.1, 0.15) is 27.0 Å². The van der Waals surface area contributed by atoms with E-state index in [2.05, 4.69) is 10.3 Å². The van der Waals surface area contributed by atoms with Crippen LogP contribution in [0.25, 0.3) is 0 Å². The van der Waals surface area contributed by atoms with Gasteiger partial charge in [-0.05, 0) is 49.2 Å². The largest absolute Gasteiger partial charge is 0.457 e. The molecule has 1 heterocycles. The topological polar surface area (TPSA) is 75.0 Å². The minimum absolute atomic E-state index is 0.293. The highest BCUT2D eigenvalue weighted by Gasteiger charge is 2.10. The third-order valence-corrected chi connectivity index (χ3v) is 4.07. The zero-order valence-corrected chi connectivity index (χ0v) is 15.0. The van der Waals surface area contributed by atoms with Crippen LogP contribution < -0.4 is 10.1 Å². The summed E-state index contributed by atoms with van der Waals surface area (Å²) in [6, 6.07) is 19.2. The molecule has 3 aromatic rings. The maximum atomic E-state index is 12.2. The van der Waals surface area contributed by atoms with E-state index < -0.39 is 0 Å². The maximum absolute atomic E-state index is 12.2. The number of aryl methyl sites for hydroxylation is 1. The molecule has 0 bridgehead atoms. The number of amides is 1. The number of hydrogen-bond acceptors (Lipinski definition) is 4. The number of pyridine rings is 1. The van der Waals surface area contributed by atoms with Crippen molar-refractivity contribution in [3.05, 3.63) is 89.2 Å². The fourth-order valence-electron chi connectivity index (χ4n) is 2.56. The van der Waals surface area contributed by atoms with Gasteiger partial charge in [-0.25, -0.2) is 0 Å². The first-order valence-corrected chi connectivity index (χ1v) is 8.61. The molecule has 1 aromatic heterocycles. The molecule has 0 fully saturated rings. The van der Waals surface area contributed by atoms with Crippen molar-refractivity contribution in [1.82, 2.24) is 10.3 Å². The van der Waals surface area contributed by atoms with Gasteiger partial charge in [0.2, 0.25) is 0 Å². The molecular weight excluding hydrogens is 338 g/mol. The molecule has 0 aliphatic carbocycles. The van der Waals surface area contributed by atoms with E-state index in [0.29, 0.717) is 24.1 Å². The van der Waals surface area contributed by atoms with Gasteiger partial charge in [0, 0.05) is 18.9 Å². The number of nitrogens with zero attached hydrogens (tertiary/aromatic N) is 2. The number of hydrogen-bond donors (Lipinski definition) is 1. The Kier molecular flexibility index (Phi) is 5.80. The van der Waals surface area contributed by atoms with Crippen molar-refractivity contribution >= 4 is 5.91 Å². The van der Waals surface area contributed by atoms with E-state index in [1.54, 1.807) is 0 Å². The summed E-state index contributed by atoms with van der Waals surface area (Å²) in [5.41, 5.74) is 2.88. The van der Waals surface area contributed by atoms with Gasteiger partial charge in [-0.3, -0.25) is 9.78 Å². The average Bonchev–Trinajstić information content (AvgIpc) is 2.71. The number of rotatable bonds is 6. The quantitative estimate of drug-likeness (QED) is 0.723. The Labute approximate surface area is 158 Å². The van der Waals surface area contributed by atoms with Crippen LogP contribution >= 0.6 is 0 Å². The average molecular weight is 357 g/mol. The Morgan fingerprint density at radius 3 is 2.41 bits per heavy atom. The van der Waals surface area contributed by atoms with Crippen LogP contribution in [0.2, 0.25) is 0 Å². The molecule has 2 aromatic carbocycles. The van der Waals surface area contributed by atoms with Gasteiger partial charge in [-0.1, -0.05) is 29.8 Å². The highest BCUT2D eigenvalue weighted by molar-refractivity contribution is 5.96. The Balaban J connectivity index is 1.52. The smallest absolute Gasteiger partial charge is 0.254 e. The maximum Gasteiger partial charge on any atom is 0.254 e. The van der Waals surface area contributed by atoms with Gasteiger partial charge in [0.1, 0.15) is 17.6 Å². The third-order valence-electron chi connectivity index (χ3n) is 4.07. The van der Waals surface area contributed by atoms with Crippen LogP contribution in [0.4, 0.5) is 0 Å². The highest BCUT2D eigenvalue weighted by Crippen LogP contribution is 2.22. The number of benzene rings is 2. The van der Waals surface area contributed by atoms with Gasteiger partial charge in [-0.15, -0.1) is 0 Å². The molecule has 0 aliphatic rings. The van der Waals surface area contributed by atoms with E-state index in [4.69, 9.17) is 10.00 Å². The second-order valence-corrected chi connectivity index (χ2v) is 6.10. The predicted octanol–water partition coefficient (Wildman–Crippen LogP) is 4.03. The fraction of sp³-hybridized carbons (Fsp3) is 0.136. The van der Waals surface area contributed by atoms with Crippen LogP contribution in [-0.2, 0) is 6.42 Å². The van der Waals surface area contributed by atoms with E-state index in [1.165, 1.54) is 24.0 Å². The third kappa shape index (κ3) is 4.93. The molecule has 0 saturated heterocycles. The molecule has 5 nitrogen and oxygen atoms in total. The molecule has 0 spiro atoms. The summed E-state index contributed by atoms with van der Waals surface area (Å²) in [6.45, 7) is 2.50. The summed E-state index contributed by atoms with van der Waals surface area (Å²) in [4.78, 5) is 16.1. The van der Waals surface area contributed by atoms with Crippen molar-refractivity contribution in [2.24, 2.45) is 0 Å². The van der Waals surface area contributed by atoms with Gasteiger partial charge in [0.05, 0.1) is 11.1 Å². The van der Waals surface area contributed by atoms with E-state index in [-0.39, 0.29) is 5.91 Å². The lowest BCUT2D eigenvalue weighted by Gasteiger charge is -2.08. The first kappa shape index (κ1) is 18.2. The predicted molar refractivity (Wildman–Crippen MR) is 103 cm³/mol. The zero-order chi connectivity index (χ0) is 19.1. The number of carbonyl (C=O) groups excluding carboxylic acids is 1. The number of ether oxygens (including phenoxy) is 1. The summed E-state index contributed by atoms with van der Waals surface area (Å²) in [7, 11) is 0.